The molecule has 7 heteroatoms. The second-order valence-corrected chi connectivity index (χ2v) is 7.87. The van der Waals surface area contributed by atoms with Gasteiger partial charge in [-0.3, -0.25) is 9.59 Å². The molecule has 1 atom stereocenters. The summed E-state index contributed by atoms with van der Waals surface area (Å²) < 4.78 is 10.2. The molecule has 0 bridgehead atoms. The number of anilines is 1. The van der Waals surface area contributed by atoms with Crippen LogP contribution in [0.1, 0.15) is 59.7 Å². The predicted molar refractivity (Wildman–Crippen MR) is 108 cm³/mol. The van der Waals surface area contributed by atoms with Gasteiger partial charge in [-0.15, -0.1) is 0 Å². The van der Waals surface area contributed by atoms with Crippen LogP contribution >= 0.6 is 0 Å². The fourth-order valence-corrected chi connectivity index (χ4v) is 2.61. The topological polar surface area (TPSA) is 103 Å². The van der Waals surface area contributed by atoms with E-state index in [1.807, 2.05) is 0 Å². The molecule has 1 heterocycles. The van der Waals surface area contributed by atoms with Crippen LogP contribution in [0, 0.1) is 19.3 Å². The average molecular weight is 399 g/mol. The highest BCUT2D eigenvalue weighted by Crippen LogP contribution is 2.19. The van der Waals surface area contributed by atoms with Crippen LogP contribution in [0.3, 0.4) is 0 Å². The molecule has 2 rings (SSSR count). The van der Waals surface area contributed by atoms with Crippen molar-refractivity contribution in [3.63, 3.8) is 0 Å². The maximum atomic E-state index is 12.6. The van der Waals surface area contributed by atoms with E-state index < -0.39 is 23.1 Å². The Hall–Kier alpha value is -3.22. The van der Waals surface area contributed by atoms with E-state index in [0.29, 0.717) is 16.8 Å². The number of ether oxygens (including phenoxy) is 1. The molecule has 2 aromatic rings. The third kappa shape index (κ3) is 5.40. The second kappa shape index (κ2) is 8.43. The summed E-state index contributed by atoms with van der Waals surface area (Å²) in [6.45, 7) is 9.96. The van der Waals surface area contributed by atoms with Crippen LogP contribution in [0.4, 0.5) is 5.69 Å². The van der Waals surface area contributed by atoms with Crippen molar-refractivity contribution in [1.29, 1.82) is 0 Å². The lowest BCUT2D eigenvalue weighted by Crippen LogP contribution is -2.27. The predicted octanol–water partition coefficient (Wildman–Crippen LogP) is 3.67. The van der Waals surface area contributed by atoms with Gasteiger partial charge in [0.15, 0.2) is 6.10 Å². The number of carbonyl (C=O) groups excluding carboxylic acids is 3. The summed E-state index contributed by atoms with van der Waals surface area (Å²) in [7, 11) is 0. The molecule has 0 fully saturated rings. The Kier molecular flexibility index (Phi) is 6.41. The van der Waals surface area contributed by atoms with Gasteiger partial charge in [0, 0.05) is 22.7 Å². The molecule has 1 unspecified atom stereocenters. The Bertz CT molecular complexity index is 969. The molecule has 154 valence electrons. The Balaban J connectivity index is 2.09. The van der Waals surface area contributed by atoms with Crippen molar-refractivity contribution >= 4 is 23.3 Å². The summed E-state index contributed by atoms with van der Waals surface area (Å²) >= 11 is 0. The van der Waals surface area contributed by atoms with Crippen molar-refractivity contribution in [2.24, 2.45) is 5.41 Å². The number of rotatable bonds is 5. The lowest BCUT2D eigenvalue weighted by atomic mass is 9.95. The van der Waals surface area contributed by atoms with Crippen molar-refractivity contribution in [2.45, 2.75) is 47.6 Å². The maximum Gasteiger partial charge on any atom is 0.342 e. The minimum Gasteiger partial charge on any atom is -0.451 e. The van der Waals surface area contributed by atoms with Crippen molar-refractivity contribution in [2.75, 3.05) is 5.32 Å². The van der Waals surface area contributed by atoms with Gasteiger partial charge in [-0.05, 0) is 50.6 Å². The monoisotopic (exact) mass is 399 g/mol. The molecule has 0 aliphatic carbocycles. The van der Waals surface area contributed by atoms with Gasteiger partial charge in [0.2, 0.25) is 11.7 Å². The van der Waals surface area contributed by atoms with E-state index in [0.717, 1.165) is 0 Å². The van der Waals surface area contributed by atoms with Crippen molar-refractivity contribution in [1.82, 2.24) is 0 Å². The van der Waals surface area contributed by atoms with Gasteiger partial charge >= 0.3 is 11.6 Å². The number of hydrogen-bond donors (Lipinski definition) is 1. The smallest absolute Gasteiger partial charge is 0.342 e. The molecular formula is C22H25NO6. The van der Waals surface area contributed by atoms with Crippen molar-refractivity contribution in [3.05, 3.63) is 63.2 Å². The number of ketones is 1. The van der Waals surface area contributed by atoms with Gasteiger partial charge in [0.25, 0.3) is 0 Å². The summed E-state index contributed by atoms with van der Waals surface area (Å²) in [6, 6.07) is 7.55. The summed E-state index contributed by atoms with van der Waals surface area (Å²) in [5, 5.41) is 2.78. The van der Waals surface area contributed by atoms with Crippen LogP contribution in [0.5, 0.6) is 0 Å². The number of carbonyl (C=O) groups is 3. The number of esters is 1. The number of aryl methyl sites for hydroxylation is 2. The van der Waals surface area contributed by atoms with Crippen LogP contribution in [0.2, 0.25) is 0 Å². The van der Waals surface area contributed by atoms with Crippen molar-refractivity contribution in [3.8, 4) is 0 Å². The Labute approximate surface area is 169 Å². The Morgan fingerprint density at radius 2 is 1.66 bits per heavy atom. The molecule has 29 heavy (non-hydrogen) atoms. The molecule has 0 aliphatic rings. The minimum absolute atomic E-state index is 0.129. The number of Topliss-reactive ketones (excluding diaryl/α,β-unsaturated/α-hetero) is 1. The minimum atomic E-state index is -1.04. The van der Waals surface area contributed by atoms with Gasteiger partial charge in [0.1, 0.15) is 11.3 Å². The summed E-state index contributed by atoms with van der Waals surface area (Å²) in [5.41, 5.74) is 0.360. The zero-order valence-corrected chi connectivity index (χ0v) is 17.4. The van der Waals surface area contributed by atoms with Gasteiger partial charge in [0.05, 0.1) is 0 Å². The van der Waals surface area contributed by atoms with Gasteiger partial charge in [-0.2, -0.15) is 0 Å². The molecule has 0 saturated heterocycles. The van der Waals surface area contributed by atoms with E-state index in [2.05, 4.69) is 5.32 Å². The number of nitrogens with one attached hydrogen (secondary N) is 1. The zero-order chi connectivity index (χ0) is 21.9. The highest BCUT2D eigenvalue weighted by Gasteiger charge is 2.24. The largest absolute Gasteiger partial charge is 0.451 e. The first kappa shape index (κ1) is 22.1. The number of hydrogen-bond acceptors (Lipinski definition) is 6. The molecule has 0 saturated carbocycles. The van der Waals surface area contributed by atoms with E-state index in [-0.39, 0.29) is 23.0 Å². The van der Waals surface area contributed by atoms with Gasteiger partial charge in [-0.1, -0.05) is 20.8 Å². The SMILES string of the molecule is Cc1cc(=O)oc(C)c1C(=O)OC(C)C(=O)c1ccc(NC(=O)C(C)(C)C)cc1. The lowest BCUT2D eigenvalue weighted by molar-refractivity contribution is -0.123. The van der Waals surface area contributed by atoms with Crippen molar-refractivity contribution < 1.29 is 23.5 Å². The van der Waals surface area contributed by atoms with Crippen LogP contribution in [-0.4, -0.2) is 23.8 Å². The van der Waals surface area contributed by atoms with Crippen LogP contribution in [-0.2, 0) is 9.53 Å². The molecule has 7 nitrogen and oxygen atoms in total. The van der Waals surface area contributed by atoms with Crippen LogP contribution in [0.15, 0.2) is 39.5 Å². The second-order valence-electron chi connectivity index (χ2n) is 7.87. The summed E-state index contributed by atoms with van der Waals surface area (Å²) in [5.74, 6) is -1.13. The Morgan fingerprint density at radius 1 is 1.07 bits per heavy atom. The third-order valence-electron chi connectivity index (χ3n) is 4.30. The molecule has 1 aromatic heterocycles. The van der Waals surface area contributed by atoms with Crippen LogP contribution in [0.25, 0.3) is 0 Å². The maximum absolute atomic E-state index is 12.6. The standard InChI is InChI=1S/C22H25NO6/c1-12-11-17(24)28-13(2)18(12)20(26)29-14(3)19(25)15-7-9-16(10-8-15)23-21(27)22(4,5)6/h7-11,14H,1-6H3,(H,23,27). The highest BCUT2D eigenvalue weighted by atomic mass is 16.5. The fraction of sp³-hybridized carbons (Fsp3) is 0.364. The summed E-state index contributed by atoms with van der Waals surface area (Å²) in [4.78, 5) is 48.4. The van der Waals surface area contributed by atoms with Crippen LogP contribution < -0.4 is 10.9 Å². The van der Waals surface area contributed by atoms with E-state index in [1.54, 1.807) is 52.0 Å². The molecule has 0 spiro atoms. The molecule has 1 amide bonds. The van der Waals surface area contributed by atoms with E-state index >= 15 is 0 Å². The van der Waals surface area contributed by atoms with E-state index in [1.165, 1.54) is 19.9 Å². The van der Waals surface area contributed by atoms with Gasteiger partial charge < -0.3 is 14.5 Å². The summed E-state index contributed by atoms with van der Waals surface area (Å²) in [6.07, 6.45) is -1.04. The number of amides is 1. The quantitative estimate of drug-likeness (QED) is 0.608. The molecule has 1 N–H and O–H groups in total. The first-order chi connectivity index (χ1) is 13.4. The first-order valence-electron chi connectivity index (χ1n) is 9.18. The zero-order valence-electron chi connectivity index (χ0n) is 17.4. The Morgan fingerprint density at radius 3 is 2.17 bits per heavy atom. The number of benzene rings is 1. The normalized spacial score (nSPS) is 12.2. The van der Waals surface area contributed by atoms with E-state index in [4.69, 9.17) is 9.15 Å². The average Bonchev–Trinajstić information content (AvgIpc) is 2.59. The molecule has 0 aliphatic heterocycles. The first-order valence-corrected chi connectivity index (χ1v) is 9.18. The molecular weight excluding hydrogens is 374 g/mol. The molecule has 1 aromatic carbocycles. The van der Waals surface area contributed by atoms with Gasteiger partial charge in [-0.25, -0.2) is 9.59 Å². The fourth-order valence-electron chi connectivity index (χ4n) is 2.61. The molecule has 0 radical (unpaired) electrons. The highest BCUT2D eigenvalue weighted by molar-refractivity contribution is 6.02. The third-order valence-corrected chi connectivity index (χ3v) is 4.30. The van der Waals surface area contributed by atoms with E-state index in [9.17, 15) is 19.2 Å². The lowest BCUT2D eigenvalue weighted by Gasteiger charge is -2.18.